The lowest BCUT2D eigenvalue weighted by Gasteiger charge is -2.23. The summed E-state index contributed by atoms with van der Waals surface area (Å²) in [6.07, 6.45) is 0. The van der Waals surface area contributed by atoms with Gasteiger partial charge in [-0.15, -0.1) is 11.3 Å². The van der Waals surface area contributed by atoms with Crippen molar-refractivity contribution in [1.82, 2.24) is 5.32 Å². The predicted octanol–water partition coefficient (Wildman–Crippen LogP) is 4.40. The van der Waals surface area contributed by atoms with Crippen molar-refractivity contribution in [2.24, 2.45) is 0 Å². The van der Waals surface area contributed by atoms with Crippen molar-refractivity contribution in [2.75, 3.05) is 13.7 Å². The van der Waals surface area contributed by atoms with Crippen molar-refractivity contribution in [1.29, 1.82) is 0 Å². The van der Waals surface area contributed by atoms with Gasteiger partial charge in [0, 0.05) is 22.9 Å². The Labute approximate surface area is 125 Å². The number of aryl methyl sites for hydroxylation is 2. The summed E-state index contributed by atoms with van der Waals surface area (Å²) in [6, 6.07) is 13.3. The second-order valence-corrected chi connectivity index (χ2v) is 6.64. The van der Waals surface area contributed by atoms with Gasteiger partial charge in [-0.25, -0.2) is 0 Å². The van der Waals surface area contributed by atoms with E-state index in [1.165, 1.54) is 20.9 Å². The van der Waals surface area contributed by atoms with E-state index in [-0.39, 0.29) is 6.04 Å². The molecule has 2 unspecified atom stereocenters. The van der Waals surface area contributed by atoms with Gasteiger partial charge in [0.25, 0.3) is 0 Å². The van der Waals surface area contributed by atoms with E-state index in [1.807, 2.05) is 17.4 Å². The predicted molar refractivity (Wildman–Crippen MR) is 86.4 cm³/mol. The number of methoxy groups -OCH3 is 1. The molecule has 2 atom stereocenters. The van der Waals surface area contributed by atoms with Gasteiger partial charge < -0.3 is 10.1 Å². The van der Waals surface area contributed by atoms with Gasteiger partial charge in [-0.3, -0.25) is 0 Å². The molecule has 1 N–H and O–H groups in total. The van der Waals surface area contributed by atoms with Crippen LogP contribution >= 0.6 is 11.3 Å². The van der Waals surface area contributed by atoms with Crippen LogP contribution in [0.15, 0.2) is 36.4 Å². The maximum atomic E-state index is 5.37. The highest BCUT2D eigenvalue weighted by Gasteiger charge is 2.17. The summed E-state index contributed by atoms with van der Waals surface area (Å²) in [6.45, 7) is 7.26. The lowest BCUT2D eigenvalue weighted by Crippen LogP contribution is -2.28. The Balaban J connectivity index is 2.14. The molecule has 0 aliphatic carbocycles. The van der Waals surface area contributed by atoms with Crippen LogP contribution in [-0.4, -0.2) is 13.7 Å². The summed E-state index contributed by atoms with van der Waals surface area (Å²) in [5.41, 5.74) is 2.66. The number of nitrogens with one attached hydrogen (secondary N) is 1. The molecule has 20 heavy (non-hydrogen) atoms. The van der Waals surface area contributed by atoms with Crippen LogP contribution in [0.3, 0.4) is 0 Å². The van der Waals surface area contributed by atoms with E-state index in [0.717, 1.165) is 0 Å². The highest BCUT2D eigenvalue weighted by molar-refractivity contribution is 7.12. The fourth-order valence-electron chi connectivity index (χ4n) is 2.56. The highest BCUT2D eigenvalue weighted by atomic mass is 32.1. The molecule has 0 saturated carbocycles. The van der Waals surface area contributed by atoms with Crippen LogP contribution in [-0.2, 0) is 4.74 Å². The van der Waals surface area contributed by atoms with Gasteiger partial charge >= 0.3 is 0 Å². The zero-order valence-corrected chi connectivity index (χ0v) is 13.5. The molecule has 1 aromatic heterocycles. The number of hydrogen-bond acceptors (Lipinski definition) is 3. The number of benzene rings is 1. The number of rotatable bonds is 6. The zero-order valence-electron chi connectivity index (χ0n) is 12.6. The molecule has 0 spiro atoms. The van der Waals surface area contributed by atoms with Gasteiger partial charge in [0.1, 0.15) is 0 Å². The lowest BCUT2D eigenvalue weighted by molar-refractivity contribution is 0.162. The van der Waals surface area contributed by atoms with Gasteiger partial charge in [-0.05, 0) is 38.0 Å². The number of hydrogen-bond donors (Lipinski definition) is 1. The quantitative estimate of drug-likeness (QED) is 0.851. The van der Waals surface area contributed by atoms with E-state index in [0.29, 0.717) is 12.6 Å². The van der Waals surface area contributed by atoms with Crippen molar-refractivity contribution >= 4 is 11.3 Å². The Morgan fingerprint density at radius 3 is 2.45 bits per heavy atom. The minimum absolute atomic E-state index is 0.218. The first-order valence-electron chi connectivity index (χ1n) is 6.98. The van der Waals surface area contributed by atoms with Gasteiger partial charge in [0.2, 0.25) is 0 Å². The van der Waals surface area contributed by atoms with E-state index in [9.17, 15) is 0 Å². The minimum atomic E-state index is 0.218. The molecule has 0 bridgehead atoms. The summed E-state index contributed by atoms with van der Waals surface area (Å²) in [7, 11) is 1.75. The molecular weight excluding hydrogens is 266 g/mol. The molecule has 0 amide bonds. The van der Waals surface area contributed by atoms with Gasteiger partial charge in [0.05, 0.1) is 12.6 Å². The molecule has 2 nitrogen and oxygen atoms in total. The summed E-state index contributed by atoms with van der Waals surface area (Å²) in [5, 5.41) is 3.69. The van der Waals surface area contributed by atoms with Crippen LogP contribution in [0.4, 0.5) is 0 Å². The summed E-state index contributed by atoms with van der Waals surface area (Å²) >= 11 is 1.86. The van der Waals surface area contributed by atoms with E-state index in [1.54, 1.807) is 7.11 Å². The van der Waals surface area contributed by atoms with Gasteiger partial charge in [0.15, 0.2) is 0 Å². The molecule has 0 saturated heterocycles. The molecule has 0 fully saturated rings. The van der Waals surface area contributed by atoms with E-state index < -0.39 is 0 Å². The average Bonchev–Trinajstić information content (AvgIpc) is 2.78. The third-order valence-corrected chi connectivity index (χ3v) is 4.51. The van der Waals surface area contributed by atoms with Gasteiger partial charge in [-0.1, -0.05) is 30.3 Å². The van der Waals surface area contributed by atoms with E-state index in [2.05, 4.69) is 56.4 Å². The second kappa shape index (κ2) is 7.02. The molecule has 0 aliphatic heterocycles. The Morgan fingerprint density at radius 1 is 1.20 bits per heavy atom. The van der Waals surface area contributed by atoms with Crippen molar-refractivity contribution in [3.8, 4) is 0 Å². The smallest absolute Gasteiger partial charge is 0.0657 e. The number of thiophene rings is 1. The topological polar surface area (TPSA) is 21.3 Å². The average molecular weight is 289 g/mol. The molecule has 2 rings (SSSR count). The third-order valence-electron chi connectivity index (χ3n) is 3.53. The van der Waals surface area contributed by atoms with Crippen LogP contribution in [0.5, 0.6) is 0 Å². The van der Waals surface area contributed by atoms with Crippen LogP contribution in [0, 0.1) is 13.8 Å². The normalized spacial score (nSPS) is 14.2. The Morgan fingerprint density at radius 2 is 1.90 bits per heavy atom. The monoisotopic (exact) mass is 289 g/mol. The minimum Gasteiger partial charge on any atom is -0.383 e. The fraction of sp³-hybridized carbons (Fsp3) is 0.412. The van der Waals surface area contributed by atoms with Crippen molar-refractivity contribution in [2.45, 2.75) is 32.9 Å². The summed E-state index contributed by atoms with van der Waals surface area (Å²) in [4.78, 5) is 2.76. The molecule has 0 aliphatic rings. The Hall–Kier alpha value is -1.16. The zero-order chi connectivity index (χ0) is 14.5. The molecular formula is C17H23NOS. The molecule has 0 radical (unpaired) electrons. The highest BCUT2D eigenvalue weighted by Crippen LogP contribution is 2.28. The molecule has 108 valence electrons. The Bertz CT molecular complexity index is 535. The van der Waals surface area contributed by atoms with Crippen LogP contribution in [0.25, 0.3) is 0 Å². The Kier molecular flexibility index (Phi) is 5.35. The molecule has 3 heteroatoms. The first kappa shape index (κ1) is 15.2. The second-order valence-electron chi connectivity index (χ2n) is 5.18. The third kappa shape index (κ3) is 3.69. The fourth-order valence-corrected chi connectivity index (χ4v) is 3.59. The maximum Gasteiger partial charge on any atom is 0.0657 e. The first-order chi connectivity index (χ1) is 9.61. The van der Waals surface area contributed by atoms with Crippen LogP contribution in [0.2, 0.25) is 0 Å². The number of ether oxygens (including phenoxy) is 1. The summed E-state index contributed by atoms with van der Waals surface area (Å²) < 4.78 is 5.37. The first-order valence-corrected chi connectivity index (χ1v) is 7.80. The molecule has 1 heterocycles. The van der Waals surface area contributed by atoms with E-state index >= 15 is 0 Å². The van der Waals surface area contributed by atoms with Crippen molar-refractivity contribution in [3.05, 3.63) is 57.3 Å². The van der Waals surface area contributed by atoms with Crippen molar-refractivity contribution < 1.29 is 4.74 Å². The largest absolute Gasteiger partial charge is 0.383 e. The van der Waals surface area contributed by atoms with Crippen LogP contribution < -0.4 is 5.32 Å². The molecule has 1 aromatic carbocycles. The SMILES string of the molecule is COCC(NC(C)c1cc(C)sc1C)c1ccccc1. The summed E-state index contributed by atoms with van der Waals surface area (Å²) in [5.74, 6) is 0. The van der Waals surface area contributed by atoms with E-state index in [4.69, 9.17) is 4.74 Å². The standard InChI is InChI=1S/C17H23NOS/c1-12-10-16(14(3)20-12)13(2)18-17(11-19-4)15-8-6-5-7-9-15/h5-10,13,17-18H,11H2,1-4H3. The van der Waals surface area contributed by atoms with Crippen LogP contribution in [0.1, 0.15) is 39.9 Å². The van der Waals surface area contributed by atoms with Crippen molar-refractivity contribution in [3.63, 3.8) is 0 Å². The lowest BCUT2D eigenvalue weighted by atomic mass is 10.0. The van der Waals surface area contributed by atoms with Gasteiger partial charge in [-0.2, -0.15) is 0 Å². The molecule has 2 aromatic rings. The maximum absolute atomic E-state index is 5.37.